The van der Waals surface area contributed by atoms with Gasteiger partial charge in [-0.25, -0.2) is 17.6 Å². The molecule has 0 saturated carbocycles. The van der Waals surface area contributed by atoms with E-state index < -0.39 is 39.2 Å². The van der Waals surface area contributed by atoms with Gasteiger partial charge in [-0.1, -0.05) is 18.6 Å². The summed E-state index contributed by atoms with van der Waals surface area (Å²) in [5, 5.41) is 30.5. The Bertz CT molecular complexity index is 1580. The number of hydrogen-bond donors (Lipinski definition) is 5. The van der Waals surface area contributed by atoms with Crippen LogP contribution >= 0.6 is 0 Å². The van der Waals surface area contributed by atoms with E-state index in [1.807, 2.05) is 6.92 Å². The van der Waals surface area contributed by atoms with Gasteiger partial charge in [0, 0.05) is 11.3 Å². The molecule has 3 aromatic carbocycles. The number of carbonyl (C=O) groups excluding carboxylic acids is 1. The largest absolute Gasteiger partial charge is 0.507 e. The summed E-state index contributed by atoms with van der Waals surface area (Å²) < 4.78 is 40.6. The molecule has 1 aliphatic carbocycles. The Morgan fingerprint density at radius 3 is 2.35 bits per heavy atom. The fourth-order valence-corrected chi connectivity index (χ4v) is 4.82. The van der Waals surface area contributed by atoms with Crippen LogP contribution in [0.5, 0.6) is 5.75 Å². The third-order valence-electron chi connectivity index (χ3n) is 5.83. The second kappa shape index (κ2) is 9.86. The van der Waals surface area contributed by atoms with Crippen LogP contribution in [-0.2, 0) is 14.8 Å². The first-order valence-corrected chi connectivity index (χ1v) is 12.6. The standard InChI is InChI=1S/C26H22FN3O6S/c1-2-14-11-19(14)15-3-9-22(20(12-15)26(33)34)29-25(32)24(28)21-13-17(6-10-23(21)31)30-37(35,36)18-7-4-16(27)5-8-18/h3-10,12-13,28,30-31H,2,11H2,1H3,(H,29,32)(H,33,34). The third kappa shape index (κ3) is 5.51. The van der Waals surface area contributed by atoms with Gasteiger partial charge in [0.2, 0.25) is 0 Å². The van der Waals surface area contributed by atoms with Gasteiger partial charge in [0.25, 0.3) is 15.9 Å². The summed E-state index contributed by atoms with van der Waals surface area (Å²) in [6.07, 6.45) is 1.68. The predicted molar refractivity (Wildman–Crippen MR) is 136 cm³/mol. The highest BCUT2D eigenvalue weighted by atomic mass is 32.2. The van der Waals surface area contributed by atoms with E-state index in [-0.39, 0.29) is 27.4 Å². The zero-order valence-electron chi connectivity index (χ0n) is 19.5. The van der Waals surface area contributed by atoms with Crippen molar-refractivity contribution in [1.82, 2.24) is 0 Å². The van der Waals surface area contributed by atoms with Gasteiger partial charge in [0.05, 0.1) is 16.1 Å². The van der Waals surface area contributed by atoms with E-state index in [4.69, 9.17) is 5.41 Å². The van der Waals surface area contributed by atoms with Crippen LogP contribution < -0.4 is 10.0 Å². The number of hydrogen-bond acceptors (Lipinski definition) is 6. The fourth-order valence-electron chi connectivity index (χ4n) is 3.77. The predicted octanol–water partition coefficient (Wildman–Crippen LogP) is 4.60. The van der Waals surface area contributed by atoms with Crippen LogP contribution in [0.2, 0.25) is 0 Å². The number of benzene rings is 3. The van der Waals surface area contributed by atoms with Crippen LogP contribution in [0.3, 0.4) is 0 Å². The fraction of sp³-hybridized carbons (Fsp3) is 0.115. The number of anilines is 2. The molecule has 0 heterocycles. The maximum absolute atomic E-state index is 13.1. The molecule has 37 heavy (non-hydrogen) atoms. The number of halogens is 1. The smallest absolute Gasteiger partial charge is 0.337 e. The van der Waals surface area contributed by atoms with Crippen molar-refractivity contribution in [3.8, 4) is 5.75 Å². The van der Waals surface area contributed by atoms with Gasteiger partial charge in [0.1, 0.15) is 17.3 Å². The molecule has 1 amide bonds. The van der Waals surface area contributed by atoms with Crippen molar-refractivity contribution >= 4 is 44.6 Å². The summed E-state index contributed by atoms with van der Waals surface area (Å²) in [7, 11) is -4.12. The van der Waals surface area contributed by atoms with E-state index in [0.29, 0.717) is 0 Å². The molecule has 0 bridgehead atoms. The highest BCUT2D eigenvalue weighted by Crippen LogP contribution is 2.42. The number of nitrogens with one attached hydrogen (secondary N) is 3. The Labute approximate surface area is 211 Å². The Morgan fingerprint density at radius 1 is 1.03 bits per heavy atom. The summed E-state index contributed by atoms with van der Waals surface area (Å²) >= 11 is 0. The number of sulfonamides is 1. The first-order valence-electron chi connectivity index (χ1n) is 11.1. The second-order valence-electron chi connectivity index (χ2n) is 8.30. The van der Waals surface area contributed by atoms with Crippen molar-refractivity contribution in [2.24, 2.45) is 0 Å². The van der Waals surface area contributed by atoms with E-state index in [9.17, 15) is 32.6 Å². The molecular weight excluding hydrogens is 501 g/mol. The number of carbonyl (C=O) groups is 2. The summed E-state index contributed by atoms with van der Waals surface area (Å²) in [4.78, 5) is 24.4. The van der Waals surface area contributed by atoms with Gasteiger partial charge in [-0.3, -0.25) is 14.9 Å². The quantitative estimate of drug-likeness (QED) is 0.204. The number of phenols is 1. The minimum atomic E-state index is -4.12. The highest BCUT2D eigenvalue weighted by Gasteiger charge is 2.25. The second-order valence-corrected chi connectivity index (χ2v) is 9.98. The molecule has 0 radical (unpaired) electrons. The number of rotatable bonds is 9. The summed E-state index contributed by atoms with van der Waals surface area (Å²) in [6.45, 7) is 2.01. The van der Waals surface area contributed by atoms with Crippen molar-refractivity contribution in [3.63, 3.8) is 0 Å². The minimum Gasteiger partial charge on any atom is -0.507 e. The number of aromatic hydroxyl groups is 1. The van der Waals surface area contributed by atoms with Gasteiger partial charge >= 0.3 is 5.97 Å². The molecule has 0 atom stereocenters. The lowest BCUT2D eigenvalue weighted by Gasteiger charge is -2.13. The minimum absolute atomic E-state index is 0.0297. The molecule has 1 aliphatic rings. The number of carboxylic acids is 1. The maximum atomic E-state index is 13.1. The number of allylic oxidation sites excluding steroid dienone is 2. The van der Waals surface area contributed by atoms with Crippen LogP contribution in [-0.4, -0.2) is 36.2 Å². The molecule has 0 spiro atoms. The van der Waals surface area contributed by atoms with E-state index in [1.165, 1.54) is 23.8 Å². The molecule has 5 N–H and O–H groups in total. The number of carboxylic acid groups (broad SMARTS) is 1. The normalized spacial score (nSPS) is 12.7. The monoisotopic (exact) mass is 523 g/mol. The molecule has 0 saturated heterocycles. The van der Waals surface area contributed by atoms with Gasteiger partial charge < -0.3 is 15.5 Å². The van der Waals surface area contributed by atoms with Crippen molar-refractivity contribution in [3.05, 3.63) is 88.7 Å². The molecular formula is C26H22FN3O6S. The topological polar surface area (TPSA) is 157 Å². The molecule has 0 aliphatic heterocycles. The van der Waals surface area contributed by atoms with Crippen LogP contribution in [0.4, 0.5) is 15.8 Å². The van der Waals surface area contributed by atoms with E-state index in [1.54, 1.807) is 6.07 Å². The zero-order valence-corrected chi connectivity index (χ0v) is 20.3. The molecule has 9 nitrogen and oxygen atoms in total. The maximum Gasteiger partial charge on any atom is 0.337 e. The van der Waals surface area contributed by atoms with Crippen LogP contribution in [0.1, 0.15) is 41.3 Å². The van der Waals surface area contributed by atoms with Crippen molar-refractivity contribution < 1.29 is 32.6 Å². The molecule has 0 aromatic heterocycles. The van der Waals surface area contributed by atoms with E-state index >= 15 is 0 Å². The van der Waals surface area contributed by atoms with Crippen molar-refractivity contribution in [2.45, 2.75) is 24.7 Å². The van der Waals surface area contributed by atoms with E-state index in [2.05, 4.69) is 10.0 Å². The summed E-state index contributed by atoms with van der Waals surface area (Å²) in [6, 6.07) is 12.1. The Hall–Kier alpha value is -4.51. The van der Waals surface area contributed by atoms with E-state index in [0.717, 1.165) is 60.4 Å². The van der Waals surface area contributed by atoms with Crippen LogP contribution in [0, 0.1) is 11.2 Å². The average molecular weight is 524 g/mol. The Balaban J connectivity index is 1.56. The van der Waals surface area contributed by atoms with Gasteiger partial charge in [0.15, 0.2) is 0 Å². The number of aromatic carboxylic acids is 1. The number of phenolic OH excluding ortho intramolecular Hbond substituents is 1. The van der Waals surface area contributed by atoms with Gasteiger partial charge in [-0.05, 0) is 78.6 Å². The molecule has 0 fully saturated rings. The Morgan fingerprint density at radius 2 is 1.73 bits per heavy atom. The Kier molecular flexibility index (Phi) is 6.82. The molecule has 3 aromatic rings. The average Bonchev–Trinajstić information content (AvgIpc) is 3.65. The lowest BCUT2D eigenvalue weighted by molar-refractivity contribution is -0.110. The van der Waals surface area contributed by atoms with Crippen LogP contribution in [0.25, 0.3) is 5.57 Å². The zero-order chi connectivity index (χ0) is 26.9. The van der Waals surface area contributed by atoms with Gasteiger partial charge in [-0.2, -0.15) is 0 Å². The highest BCUT2D eigenvalue weighted by molar-refractivity contribution is 7.92. The van der Waals surface area contributed by atoms with Crippen molar-refractivity contribution in [1.29, 1.82) is 5.41 Å². The summed E-state index contributed by atoms with van der Waals surface area (Å²) in [5.41, 5.74) is 1.80. The van der Waals surface area contributed by atoms with Gasteiger partial charge in [-0.15, -0.1) is 0 Å². The molecule has 11 heteroatoms. The number of amides is 1. The van der Waals surface area contributed by atoms with Crippen LogP contribution in [0.15, 0.2) is 71.1 Å². The molecule has 0 unspecified atom stereocenters. The third-order valence-corrected chi connectivity index (χ3v) is 7.23. The van der Waals surface area contributed by atoms with Crippen molar-refractivity contribution in [2.75, 3.05) is 10.0 Å². The molecule has 4 rings (SSSR count). The lowest BCUT2D eigenvalue weighted by Crippen LogP contribution is -2.24. The first kappa shape index (κ1) is 25.6. The first-order chi connectivity index (χ1) is 17.5. The molecule has 190 valence electrons. The summed E-state index contributed by atoms with van der Waals surface area (Å²) in [5.74, 6) is -3.35. The SMILES string of the molecule is CCC1=C(c2ccc(NC(=O)C(=N)c3cc(NS(=O)(=O)c4ccc(F)cc4)ccc3O)c(C(=O)O)c2)C1. The lowest BCUT2D eigenvalue weighted by atomic mass is 10.0.